The van der Waals surface area contributed by atoms with Crippen molar-refractivity contribution in [3.05, 3.63) is 39.4 Å². The predicted octanol–water partition coefficient (Wildman–Crippen LogP) is 2.46. The summed E-state index contributed by atoms with van der Waals surface area (Å²) < 4.78 is 0.983. The van der Waals surface area contributed by atoms with Gasteiger partial charge in [-0.2, -0.15) is 0 Å². The lowest BCUT2D eigenvalue weighted by Gasteiger charge is -2.05. The number of hydrogen-bond acceptors (Lipinski definition) is 3. The average molecular weight is 348 g/mol. The average Bonchev–Trinajstić information content (AvgIpc) is 2.28. The molecule has 6 heteroatoms. The molecular formula is C11H13IN2O3. The Balaban J connectivity index is 2.76. The topological polar surface area (TPSA) is 72.2 Å². The standard InChI is InChI=1S/C11H13IN2O3/c1-8-7-9(3-4-10(8)14(16)17)11(15)13-6-2-5-12/h3-4,7H,2,5-6H2,1H3,(H,13,15). The van der Waals surface area contributed by atoms with Crippen molar-refractivity contribution in [3.63, 3.8) is 0 Å². The van der Waals surface area contributed by atoms with E-state index in [0.717, 1.165) is 10.8 Å². The van der Waals surface area contributed by atoms with Crippen molar-refractivity contribution in [1.82, 2.24) is 5.32 Å². The molecule has 1 rings (SSSR count). The number of halogens is 1. The molecule has 1 N–H and O–H groups in total. The number of amides is 1. The van der Waals surface area contributed by atoms with E-state index < -0.39 is 4.92 Å². The van der Waals surface area contributed by atoms with E-state index in [4.69, 9.17) is 0 Å². The first-order valence-electron chi connectivity index (χ1n) is 5.15. The van der Waals surface area contributed by atoms with Gasteiger partial charge in [-0.15, -0.1) is 0 Å². The lowest BCUT2D eigenvalue weighted by atomic mass is 10.1. The SMILES string of the molecule is Cc1cc(C(=O)NCCCI)ccc1[N+](=O)[O-]. The van der Waals surface area contributed by atoms with E-state index in [9.17, 15) is 14.9 Å². The number of hydrogen-bond donors (Lipinski definition) is 1. The quantitative estimate of drug-likeness (QED) is 0.292. The molecule has 5 nitrogen and oxygen atoms in total. The number of nitro groups is 1. The number of rotatable bonds is 5. The molecule has 17 heavy (non-hydrogen) atoms. The number of nitrogens with one attached hydrogen (secondary N) is 1. The van der Waals surface area contributed by atoms with Crippen LogP contribution in [0.4, 0.5) is 5.69 Å². The van der Waals surface area contributed by atoms with Crippen LogP contribution in [-0.4, -0.2) is 21.8 Å². The zero-order chi connectivity index (χ0) is 12.8. The third-order valence-corrected chi connectivity index (χ3v) is 3.01. The zero-order valence-corrected chi connectivity index (χ0v) is 11.6. The number of alkyl halides is 1. The maximum absolute atomic E-state index is 11.7. The Morgan fingerprint density at radius 1 is 1.53 bits per heavy atom. The molecule has 0 aromatic heterocycles. The molecule has 1 aromatic rings. The molecule has 0 atom stereocenters. The number of nitrogens with zero attached hydrogens (tertiary/aromatic N) is 1. The molecule has 0 unspecified atom stereocenters. The molecule has 0 saturated carbocycles. The summed E-state index contributed by atoms with van der Waals surface area (Å²) in [5.41, 5.74) is 0.993. The molecular weight excluding hydrogens is 335 g/mol. The molecule has 0 fully saturated rings. The summed E-state index contributed by atoms with van der Waals surface area (Å²) in [6.07, 6.45) is 0.915. The predicted molar refractivity (Wildman–Crippen MR) is 73.7 cm³/mol. The van der Waals surface area contributed by atoms with Gasteiger partial charge < -0.3 is 5.32 Å². The maximum Gasteiger partial charge on any atom is 0.272 e. The highest BCUT2D eigenvalue weighted by atomic mass is 127. The second-order valence-electron chi connectivity index (χ2n) is 3.56. The molecule has 0 radical (unpaired) electrons. The van der Waals surface area contributed by atoms with Gasteiger partial charge in [-0.3, -0.25) is 14.9 Å². The van der Waals surface area contributed by atoms with Crippen LogP contribution >= 0.6 is 22.6 Å². The van der Waals surface area contributed by atoms with Gasteiger partial charge in [-0.25, -0.2) is 0 Å². The van der Waals surface area contributed by atoms with Crippen LogP contribution in [0.3, 0.4) is 0 Å². The summed E-state index contributed by atoms with van der Waals surface area (Å²) in [6.45, 7) is 2.25. The van der Waals surface area contributed by atoms with Crippen LogP contribution in [0.25, 0.3) is 0 Å². The number of carbonyl (C=O) groups excluding carboxylic acids is 1. The highest BCUT2D eigenvalue weighted by Crippen LogP contribution is 2.18. The van der Waals surface area contributed by atoms with Gasteiger partial charge in [-0.1, -0.05) is 22.6 Å². The van der Waals surface area contributed by atoms with Crippen LogP contribution in [-0.2, 0) is 0 Å². The van der Waals surface area contributed by atoms with Gasteiger partial charge in [0, 0.05) is 28.2 Å². The highest BCUT2D eigenvalue weighted by Gasteiger charge is 2.13. The lowest BCUT2D eigenvalue weighted by molar-refractivity contribution is -0.385. The van der Waals surface area contributed by atoms with Gasteiger partial charge in [-0.05, 0) is 25.5 Å². The van der Waals surface area contributed by atoms with Gasteiger partial charge in [0.25, 0.3) is 11.6 Å². The van der Waals surface area contributed by atoms with Gasteiger partial charge in [0.05, 0.1) is 4.92 Å². The van der Waals surface area contributed by atoms with E-state index in [1.54, 1.807) is 6.92 Å². The highest BCUT2D eigenvalue weighted by molar-refractivity contribution is 14.1. The van der Waals surface area contributed by atoms with Crippen molar-refractivity contribution in [2.24, 2.45) is 0 Å². The Labute approximate surface area is 113 Å². The summed E-state index contributed by atoms with van der Waals surface area (Å²) in [7, 11) is 0. The first-order valence-corrected chi connectivity index (χ1v) is 6.68. The second kappa shape index (κ2) is 6.53. The fourth-order valence-electron chi connectivity index (χ4n) is 1.37. The lowest BCUT2D eigenvalue weighted by Crippen LogP contribution is -2.24. The molecule has 0 heterocycles. The van der Waals surface area contributed by atoms with Crippen LogP contribution in [0.15, 0.2) is 18.2 Å². The smallest absolute Gasteiger partial charge is 0.272 e. The van der Waals surface area contributed by atoms with Crippen molar-refractivity contribution < 1.29 is 9.72 Å². The normalized spacial score (nSPS) is 10.0. The molecule has 0 bridgehead atoms. The molecule has 92 valence electrons. The minimum absolute atomic E-state index is 0.0359. The second-order valence-corrected chi connectivity index (χ2v) is 4.64. The van der Waals surface area contributed by atoms with E-state index >= 15 is 0 Å². The van der Waals surface area contributed by atoms with Crippen LogP contribution in [0.5, 0.6) is 0 Å². The summed E-state index contributed by atoms with van der Waals surface area (Å²) >= 11 is 2.24. The fraction of sp³-hybridized carbons (Fsp3) is 0.364. The monoisotopic (exact) mass is 348 g/mol. The van der Waals surface area contributed by atoms with Crippen molar-refractivity contribution in [2.75, 3.05) is 11.0 Å². The summed E-state index contributed by atoms with van der Waals surface area (Å²) in [4.78, 5) is 21.8. The van der Waals surface area contributed by atoms with Crippen LogP contribution in [0.1, 0.15) is 22.3 Å². The van der Waals surface area contributed by atoms with Crippen molar-refractivity contribution in [1.29, 1.82) is 0 Å². The van der Waals surface area contributed by atoms with Gasteiger partial charge in [0.2, 0.25) is 0 Å². The summed E-state index contributed by atoms with van der Waals surface area (Å²) in [5.74, 6) is -0.187. The number of nitro benzene ring substituents is 1. The van der Waals surface area contributed by atoms with E-state index in [0.29, 0.717) is 17.7 Å². The van der Waals surface area contributed by atoms with E-state index in [-0.39, 0.29) is 11.6 Å². The molecule has 0 aliphatic heterocycles. The third-order valence-electron chi connectivity index (χ3n) is 2.25. The maximum atomic E-state index is 11.7. The first kappa shape index (κ1) is 13.9. The fourth-order valence-corrected chi connectivity index (χ4v) is 1.75. The minimum Gasteiger partial charge on any atom is -0.352 e. The van der Waals surface area contributed by atoms with Gasteiger partial charge in [0.1, 0.15) is 0 Å². The Morgan fingerprint density at radius 2 is 2.24 bits per heavy atom. The number of carbonyl (C=O) groups is 1. The summed E-state index contributed by atoms with van der Waals surface area (Å²) in [6, 6.07) is 4.38. The largest absolute Gasteiger partial charge is 0.352 e. The number of benzene rings is 1. The summed E-state index contributed by atoms with van der Waals surface area (Å²) in [5, 5.41) is 13.4. The molecule has 1 aromatic carbocycles. The Bertz CT molecular complexity index is 435. The third kappa shape index (κ3) is 3.95. The zero-order valence-electron chi connectivity index (χ0n) is 9.40. The number of aryl methyl sites for hydroxylation is 1. The van der Waals surface area contributed by atoms with Crippen LogP contribution in [0, 0.1) is 17.0 Å². The van der Waals surface area contributed by atoms with E-state index in [2.05, 4.69) is 27.9 Å². The Hall–Kier alpha value is -1.18. The van der Waals surface area contributed by atoms with E-state index in [1.807, 2.05) is 0 Å². The Morgan fingerprint density at radius 3 is 2.76 bits per heavy atom. The molecule has 0 spiro atoms. The molecule has 1 amide bonds. The minimum atomic E-state index is -0.451. The van der Waals surface area contributed by atoms with Gasteiger partial charge >= 0.3 is 0 Å². The molecule has 0 aliphatic rings. The van der Waals surface area contributed by atoms with E-state index in [1.165, 1.54) is 18.2 Å². The van der Waals surface area contributed by atoms with Crippen LogP contribution in [0.2, 0.25) is 0 Å². The molecule has 0 saturated heterocycles. The van der Waals surface area contributed by atoms with Crippen LogP contribution < -0.4 is 5.32 Å². The molecule has 0 aliphatic carbocycles. The first-order chi connectivity index (χ1) is 8.06. The van der Waals surface area contributed by atoms with Gasteiger partial charge in [0.15, 0.2) is 0 Å². The van der Waals surface area contributed by atoms with Crippen molar-refractivity contribution in [2.45, 2.75) is 13.3 Å². The van der Waals surface area contributed by atoms with Crippen molar-refractivity contribution >= 4 is 34.2 Å². The Kier molecular flexibility index (Phi) is 5.33. The van der Waals surface area contributed by atoms with Crippen molar-refractivity contribution in [3.8, 4) is 0 Å².